The van der Waals surface area contributed by atoms with Crippen molar-refractivity contribution in [3.63, 3.8) is 0 Å². The molecular weight excluding hydrogens is 320 g/mol. The molecule has 0 fully saturated rings. The fraction of sp³-hybridized carbons (Fsp3) is 0.250. The van der Waals surface area contributed by atoms with E-state index in [-0.39, 0.29) is 39.7 Å². The van der Waals surface area contributed by atoms with E-state index in [9.17, 15) is 19.1 Å². The Bertz CT molecular complexity index is 870. The van der Waals surface area contributed by atoms with Crippen LogP contribution < -0.4 is 15.2 Å². The highest BCUT2D eigenvalue weighted by molar-refractivity contribution is 5.82. The highest BCUT2D eigenvalue weighted by Gasteiger charge is 2.44. The number of hydrogen-bond donors (Lipinski definition) is 2. The summed E-state index contributed by atoms with van der Waals surface area (Å²) in [6.07, 6.45) is -3.79. The molecule has 0 saturated carbocycles. The molecule has 1 aliphatic rings. The van der Waals surface area contributed by atoms with Gasteiger partial charge < -0.3 is 20.3 Å². The van der Waals surface area contributed by atoms with Crippen LogP contribution in [0.4, 0.5) is 14.6 Å². The Hall–Kier alpha value is -2.92. The Kier molecular flexibility index (Phi) is 3.35. The SMILES string of the molecule is CC(C)(O)c1cc(-c2cccc3c2OC(F)(F)O3)c(C#N)c(N)n1. The number of nitriles is 1. The molecule has 3 N–H and O–H groups in total. The van der Waals surface area contributed by atoms with Crippen LogP contribution in [0.2, 0.25) is 0 Å². The number of hydrogen-bond acceptors (Lipinski definition) is 6. The number of halogens is 2. The summed E-state index contributed by atoms with van der Waals surface area (Å²) in [6.45, 7) is 2.99. The third-order valence-electron chi connectivity index (χ3n) is 3.50. The van der Waals surface area contributed by atoms with Gasteiger partial charge in [0.1, 0.15) is 23.1 Å². The minimum absolute atomic E-state index is 0.00443. The van der Waals surface area contributed by atoms with Gasteiger partial charge in [0.05, 0.1) is 5.69 Å². The van der Waals surface area contributed by atoms with Gasteiger partial charge in [-0.05, 0) is 26.0 Å². The van der Waals surface area contributed by atoms with E-state index in [1.54, 1.807) is 0 Å². The van der Waals surface area contributed by atoms with E-state index < -0.39 is 11.9 Å². The molecule has 0 amide bonds. The molecule has 1 aliphatic heterocycles. The van der Waals surface area contributed by atoms with Crippen molar-refractivity contribution in [3.8, 4) is 28.7 Å². The Balaban J connectivity index is 2.27. The molecule has 0 bridgehead atoms. The van der Waals surface area contributed by atoms with Crippen molar-refractivity contribution in [2.75, 3.05) is 5.73 Å². The molecule has 0 saturated heterocycles. The summed E-state index contributed by atoms with van der Waals surface area (Å²) in [5.41, 5.74) is 5.07. The maximum absolute atomic E-state index is 13.4. The first-order chi connectivity index (χ1) is 11.1. The molecule has 0 spiro atoms. The van der Waals surface area contributed by atoms with Crippen LogP contribution in [0.3, 0.4) is 0 Å². The van der Waals surface area contributed by atoms with E-state index in [0.29, 0.717) is 0 Å². The van der Waals surface area contributed by atoms with Crippen LogP contribution >= 0.6 is 0 Å². The lowest BCUT2D eigenvalue weighted by atomic mass is 9.95. The van der Waals surface area contributed by atoms with Crippen molar-refractivity contribution < 1.29 is 23.4 Å². The quantitative estimate of drug-likeness (QED) is 0.876. The normalized spacial score (nSPS) is 15.2. The molecule has 1 aromatic heterocycles. The number of para-hydroxylation sites is 1. The van der Waals surface area contributed by atoms with Crippen molar-refractivity contribution in [2.45, 2.75) is 25.7 Å². The average molecular weight is 333 g/mol. The number of nitrogen functional groups attached to an aromatic ring is 1. The van der Waals surface area contributed by atoms with Crippen molar-refractivity contribution in [2.24, 2.45) is 0 Å². The molecule has 0 unspecified atom stereocenters. The molecule has 2 aromatic rings. The molecule has 0 radical (unpaired) electrons. The van der Waals surface area contributed by atoms with Gasteiger partial charge in [-0.25, -0.2) is 4.98 Å². The Morgan fingerprint density at radius 1 is 1.29 bits per heavy atom. The first-order valence-corrected chi connectivity index (χ1v) is 6.95. The van der Waals surface area contributed by atoms with Crippen LogP contribution in [-0.4, -0.2) is 16.4 Å². The van der Waals surface area contributed by atoms with Crippen LogP contribution in [0.15, 0.2) is 24.3 Å². The number of nitrogens with two attached hydrogens (primary N) is 1. The van der Waals surface area contributed by atoms with Crippen molar-refractivity contribution in [3.05, 3.63) is 35.5 Å². The van der Waals surface area contributed by atoms with E-state index in [0.717, 1.165) is 0 Å². The first kappa shape index (κ1) is 16.0. The first-order valence-electron chi connectivity index (χ1n) is 6.95. The number of benzene rings is 1. The Morgan fingerprint density at radius 3 is 2.62 bits per heavy atom. The second kappa shape index (κ2) is 5.04. The zero-order chi connectivity index (χ0) is 17.7. The third kappa shape index (κ3) is 2.59. The zero-order valence-electron chi connectivity index (χ0n) is 12.8. The third-order valence-corrected chi connectivity index (χ3v) is 3.50. The van der Waals surface area contributed by atoms with Crippen LogP contribution in [-0.2, 0) is 5.60 Å². The summed E-state index contributed by atoms with van der Waals surface area (Å²) in [4.78, 5) is 4.01. The molecule has 2 heterocycles. The maximum atomic E-state index is 13.4. The topological polar surface area (TPSA) is 101 Å². The highest BCUT2D eigenvalue weighted by atomic mass is 19.3. The van der Waals surface area contributed by atoms with E-state index in [2.05, 4.69) is 14.5 Å². The van der Waals surface area contributed by atoms with Gasteiger partial charge >= 0.3 is 6.29 Å². The number of pyridine rings is 1. The number of aliphatic hydroxyl groups is 1. The summed E-state index contributed by atoms with van der Waals surface area (Å²) >= 11 is 0. The lowest BCUT2D eigenvalue weighted by molar-refractivity contribution is -0.286. The molecule has 3 rings (SSSR count). The zero-order valence-corrected chi connectivity index (χ0v) is 12.8. The van der Waals surface area contributed by atoms with Crippen molar-refractivity contribution >= 4 is 5.82 Å². The van der Waals surface area contributed by atoms with Gasteiger partial charge in [0.15, 0.2) is 11.5 Å². The van der Waals surface area contributed by atoms with E-state index in [1.807, 2.05) is 6.07 Å². The summed E-state index contributed by atoms with van der Waals surface area (Å²) in [7, 11) is 0. The fourth-order valence-corrected chi connectivity index (χ4v) is 2.39. The van der Waals surface area contributed by atoms with Gasteiger partial charge in [-0.15, -0.1) is 8.78 Å². The largest absolute Gasteiger partial charge is 0.586 e. The van der Waals surface area contributed by atoms with Gasteiger partial charge in [0, 0.05) is 11.1 Å². The second-order valence-electron chi connectivity index (χ2n) is 5.79. The maximum Gasteiger partial charge on any atom is 0.586 e. The number of nitrogens with zero attached hydrogens (tertiary/aromatic N) is 2. The number of alkyl halides is 2. The van der Waals surface area contributed by atoms with Gasteiger partial charge in [-0.1, -0.05) is 12.1 Å². The Labute approximate surface area is 136 Å². The molecule has 0 atom stereocenters. The van der Waals surface area contributed by atoms with Crippen LogP contribution in [0.25, 0.3) is 11.1 Å². The Morgan fingerprint density at radius 2 is 2.00 bits per heavy atom. The molecule has 1 aromatic carbocycles. The summed E-state index contributed by atoms with van der Waals surface area (Å²) in [5, 5.41) is 19.5. The van der Waals surface area contributed by atoms with Crippen LogP contribution in [0, 0.1) is 11.3 Å². The fourth-order valence-electron chi connectivity index (χ4n) is 2.39. The lowest BCUT2D eigenvalue weighted by Crippen LogP contribution is -2.26. The monoisotopic (exact) mass is 333 g/mol. The average Bonchev–Trinajstić information content (AvgIpc) is 2.79. The number of aromatic nitrogens is 1. The van der Waals surface area contributed by atoms with Crippen LogP contribution in [0.1, 0.15) is 25.1 Å². The highest BCUT2D eigenvalue weighted by Crippen LogP contribution is 2.48. The van der Waals surface area contributed by atoms with Crippen molar-refractivity contribution in [1.29, 1.82) is 5.26 Å². The standard InChI is InChI=1S/C16H13F2N3O3/c1-15(2,22)12-6-9(10(7-19)14(20)21-12)8-4-3-5-11-13(8)24-16(17,18)23-11/h3-6,22H,1-2H3,(H2,20,21). The van der Waals surface area contributed by atoms with Crippen LogP contribution in [0.5, 0.6) is 11.5 Å². The van der Waals surface area contributed by atoms with Gasteiger partial charge in [-0.3, -0.25) is 0 Å². The molecule has 6 nitrogen and oxygen atoms in total. The minimum atomic E-state index is -3.79. The summed E-state index contributed by atoms with van der Waals surface area (Å²) in [6, 6.07) is 7.63. The van der Waals surface area contributed by atoms with E-state index in [1.165, 1.54) is 38.1 Å². The number of fused-ring (bicyclic) bond motifs is 1. The smallest absolute Gasteiger partial charge is 0.395 e. The number of rotatable bonds is 2. The predicted octanol–water partition coefficient (Wildman–Crippen LogP) is 2.75. The second-order valence-corrected chi connectivity index (χ2v) is 5.79. The van der Waals surface area contributed by atoms with E-state index >= 15 is 0 Å². The lowest BCUT2D eigenvalue weighted by Gasteiger charge is -2.19. The molecule has 124 valence electrons. The van der Waals surface area contributed by atoms with Crippen molar-refractivity contribution in [1.82, 2.24) is 4.98 Å². The molecule has 24 heavy (non-hydrogen) atoms. The minimum Gasteiger partial charge on any atom is -0.395 e. The molecular formula is C16H13F2N3O3. The number of ether oxygens (including phenoxy) is 2. The van der Waals surface area contributed by atoms with Gasteiger partial charge in [0.2, 0.25) is 0 Å². The summed E-state index contributed by atoms with van der Waals surface area (Å²) < 4.78 is 35.7. The van der Waals surface area contributed by atoms with Gasteiger partial charge in [-0.2, -0.15) is 5.26 Å². The van der Waals surface area contributed by atoms with E-state index in [4.69, 9.17) is 5.73 Å². The number of anilines is 1. The molecule has 0 aliphatic carbocycles. The van der Waals surface area contributed by atoms with Gasteiger partial charge in [0.25, 0.3) is 0 Å². The molecule has 8 heteroatoms. The predicted molar refractivity (Wildman–Crippen MR) is 80.2 cm³/mol. The summed E-state index contributed by atoms with van der Waals surface area (Å²) in [5.74, 6) is -0.469.